The standard InChI is InChI=1S/C21H24N2O5/c1-13(24)11-22-12-16-10-17(23-14(2)25)5-6-18(16)19-8-15(9-21(26)27)4-7-20(19)28-3/h4-8,10,22H,9,11-12H2,1-3H3,(H,23,25)(H,26,27). The van der Waals surface area contributed by atoms with Crippen molar-refractivity contribution in [1.29, 1.82) is 0 Å². The maximum atomic E-state index is 11.4. The molecule has 0 aliphatic carbocycles. The Bertz CT molecular complexity index is 892. The van der Waals surface area contributed by atoms with Crippen molar-refractivity contribution in [3.63, 3.8) is 0 Å². The van der Waals surface area contributed by atoms with Crippen molar-refractivity contribution in [2.24, 2.45) is 0 Å². The summed E-state index contributed by atoms with van der Waals surface area (Å²) in [7, 11) is 1.55. The quantitative estimate of drug-likeness (QED) is 0.614. The van der Waals surface area contributed by atoms with Crippen molar-refractivity contribution >= 4 is 23.3 Å². The second-order valence-electron chi connectivity index (χ2n) is 6.46. The molecule has 7 heteroatoms. The number of carbonyl (C=O) groups excluding carboxylic acids is 2. The lowest BCUT2D eigenvalue weighted by Crippen LogP contribution is -2.21. The molecular weight excluding hydrogens is 360 g/mol. The highest BCUT2D eigenvalue weighted by Gasteiger charge is 2.14. The molecule has 0 aromatic heterocycles. The van der Waals surface area contributed by atoms with Crippen molar-refractivity contribution < 1.29 is 24.2 Å². The molecule has 148 valence electrons. The Labute approximate surface area is 163 Å². The second-order valence-corrected chi connectivity index (χ2v) is 6.46. The van der Waals surface area contributed by atoms with Crippen LogP contribution in [-0.4, -0.2) is 36.4 Å². The van der Waals surface area contributed by atoms with Gasteiger partial charge in [-0.05, 0) is 47.9 Å². The molecule has 2 aromatic rings. The molecule has 0 saturated carbocycles. The zero-order chi connectivity index (χ0) is 20.7. The molecule has 0 heterocycles. The lowest BCUT2D eigenvalue weighted by molar-refractivity contribution is -0.136. The van der Waals surface area contributed by atoms with Gasteiger partial charge < -0.3 is 20.5 Å². The van der Waals surface area contributed by atoms with Gasteiger partial charge in [-0.1, -0.05) is 12.1 Å². The van der Waals surface area contributed by atoms with Crippen molar-refractivity contribution in [2.45, 2.75) is 26.8 Å². The second kappa shape index (κ2) is 9.66. The lowest BCUT2D eigenvalue weighted by atomic mass is 9.95. The lowest BCUT2D eigenvalue weighted by Gasteiger charge is -2.16. The van der Waals surface area contributed by atoms with E-state index in [0.29, 0.717) is 23.5 Å². The maximum absolute atomic E-state index is 11.4. The normalized spacial score (nSPS) is 10.4. The highest BCUT2D eigenvalue weighted by Crippen LogP contribution is 2.35. The van der Waals surface area contributed by atoms with E-state index in [-0.39, 0.29) is 24.7 Å². The average molecular weight is 384 g/mol. The summed E-state index contributed by atoms with van der Waals surface area (Å²) in [5.74, 6) is -0.480. The molecule has 0 saturated heterocycles. The maximum Gasteiger partial charge on any atom is 0.307 e. The van der Waals surface area contributed by atoms with E-state index >= 15 is 0 Å². The summed E-state index contributed by atoms with van der Waals surface area (Å²) in [4.78, 5) is 33.7. The van der Waals surface area contributed by atoms with Crippen LogP contribution in [0.5, 0.6) is 5.75 Å². The van der Waals surface area contributed by atoms with E-state index in [1.807, 2.05) is 12.1 Å². The van der Waals surface area contributed by atoms with Gasteiger partial charge in [0.2, 0.25) is 5.91 Å². The minimum Gasteiger partial charge on any atom is -0.496 e. The minimum atomic E-state index is -0.916. The number of rotatable bonds is 9. The smallest absolute Gasteiger partial charge is 0.307 e. The Balaban J connectivity index is 2.50. The fourth-order valence-corrected chi connectivity index (χ4v) is 2.91. The summed E-state index contributed by atoms with van der Waals surface area (Å²) in [5, 5.41) is 14.9. The van der Waals surface area contributed by atoms with Gasteiger partial charge in [0.05, 0.1) is 20.1 Å². The van der Waals surface area contributed by atoms with Crippen molar-refractivity contribution in [3.05, 3.63) is 47.5 Å². The van der Waals surface area contributed by atoms with Gasteiger partial charge in [0, 0.05) is 24.7 Å². The fourth-order valence-electron chi connectivity index (χ4n) is 2.91. The van der Waals surface area contributed by atoms with E-state index in [0.717, 1.165) is 16.7 Å². The number of aliphatic carboxylic acids is 1. The average Bonchev–Trinajstić information content (AvgIpc) is 2.60. The van der Waals surface area contributed by atoms with Crippen LogP contribution in [0.2, 0.25) is 0 Å². The minimum absolute atomic E-state index is 0.0144. The summed E-state index contributed by atoms with van der Waals surface area (Å²) < 4.78 is 5.46. The zero-order valence-electron chi connectivity index (χ0n) is 16.2. The van der Waals surface area contributed by atoms with Crippen molar-refractivity contribution in [1.82, 2.24) is 5.32 Å². The molecule has 0 aliphatic rings. The molecule has 0 aliphatic heterocycles. The molecule has 1 amide bonds. The van der Waals surface area contributed by atoms with Gasteiger partial charge in [0.1, 0.15) is 11.5 Å². The molecule has 0 bridgehead atoms. The van der Waals surface area contributed by atoms with Crippen LogP contribution in [0.4, 0.5) is 5.69 Å². The number of ketones is 1. The van der Waals surface area contributed by atoms with Crippen LogP contribution in [0.15, 0.2) is 36.4 Å². The Morgan fingerprint density at radius 2 is 1.79 bits per heavy atom. The number of hydrogen-bond acceptors (Lipinski definition) is 5. The number of carboxylic acid groups (broad SMARTS) is 1. The van der Waals surface area contributed by atoms with Crippen LogP contribution in [0.1, 0.15) is 25.0 Å². The topological polar surface area (TPSA) is 105 Å². The van der Waals surface area contributed by atoms with Gasteiger partial charge >= 0.3 is 5.97 Å². The molecule has 28 heavy (non-hydrogen) atoms. The van der Waals surface area contributed by atoms with Crippen LogP contribution in [0.25, 0.3) is 11.1 Å². The van der Waals surface area contributed by atoms with Crippen LogP contribution < -0.4 is 15.4 Å². The predicted molar refractivity (Wildman–Crippen MR) is 106 cm³/mol. The molecule has 0 fully saturated rings. The monoisotopic (exact) mass is 384 g/mol. The summed E-state index contributed by atoms with van der Waals surface area (Å²) in [6, 6.07) is 10.7. The van der Waals surface area contributed by atoms with E-state index in [1.165, 1.54) is 13.8 Å². The van der Waals surface area contributed by atoms with Gasteiger partial charge in [-0.3, -0.25) is 14.4 Å². The number of hydrogen-bond donors (Lipinski definition) is 3. The molecule has 3 N–H and O–H groups in total. The number of methoxy groups -OCH3 is 1. The summed E-state index contributed by atoms with van der Waals surface area (Å²) in [5.41, 5.74) is 3.70. The van der Waals surface area contributed by atoms with E-state index < -0.39 is 5.97 Å². The predicted octanol–water partition coefficient (Wildman–Crippen LogP) is 2.63. The molecule has 0 spiro atoms. The summed E-state index contributed by atoms with van der Waals surface area (Å²) >= 11 is 0. The van der Waals surface area contributed by atoms with Crippen LogP contribution in [0.3, 0.4) is 0 Å². The van der Waals surface area contributed by atoms with Crippen LogP contribution in [0, 0.1) is 0 Å². The van der Waals surface area contributed by atoms with Gasteiger partial charge in [-0.2, -0.15) is 0 Å². The summed E-state index contributed by atoms with van der Waals surface area (Å²) in [6.07, 6.45) is -0.0983. The Kier molecular flexibility index (Phi) is 7.28. The highest BCUT2D eigenvalue weighted by molar-refractivity contribution is 5.89. The van der Waals surface area contributed by atoms with Gasteiger partial charge in [0.25, 0.3) is 0 Å². The first-order chi connectivity index (χ1) is 13.3. The number of amides is 1. The highest BCUT2D eigenvalue weighted by atomic mass is 16.5. The van der Waals surface area contributed by atoms with Crippen molar-refractivity contribution in [3.8, 4) is 16.9 Å². The first kappa shape index (κ1) is 21.1. The van der Waals surface area contributed by atoms with E-state index in [1.54, 1.807) is 31.4 Å². The first-order valence-electron chi connectivity index (χ1n) is 8.80. The van der Waals surface area contributed by atoms with E-state index in [4.69, 9.17) is 9.84 Å². The van der Waals surface area contributed by atoms with Gasteiger partial charge in [-0.25, -0.2) is 0 Å². The van der Waals surface area contributed by atoms with E-state index in [9.17, 15) is 14.4 Å². The molecule has 0 unspecified atom stereocenters. The third-order valence-corrected chi connectivity index (χ3v) is 4.02. The van der Waals surface area contributed by atoms with Gasteiger partial charge in [-0.15, -0.1) is 0 Å². The molecule has 0 radical (unpaired) electrons. The van der Waals surface area contributed by atoms with E-state index in [2.05, 4.69) is 10.6 Å². The van der Waals surface area contributed by atoms with Crippen LogP contribution in [-0.2, 0) is 27.3 Å². The summed E-state index contributed by atoms with van der Waals surface area (Å²) in [6.45, 7) is 3.55. The number of carboxylic acids is 1. The number of Topliss-reactive ketones (excluding diaryl/α,β-unsaturated/α-hetero) is 1. The third-order valence-electron chi connectivity index (χ3n) is 4.02. The zero-order valence-corrected chi connectivity index (χ0v) is 16.2. The Morgan fingerprint density at radius 1 is 1.04 bits per heavy atom. The number of benzene rings is 2. The molecule has 0 atom stereocenters. The number of ether oxygens (including phenoxy) is 1. The van der Waals surface area contributed by atoms with Gasteiger partial charge in [0.15, 0.2) is 0 Å². The Hall–Kier alpha value is -3.19. The molecule has 2 rings (SSSR count). The fraction of sp³-hybridized carbons (Fsp3) is 0.286. The molecule has 2 aromatic carbocycles. The Morgan fingerprint density at radius 3 is 2.39 bits per heavy atom. The SMILES string of the molecule is COc1ccc(CC(=O)O)cc1-c1ccc(NC(C)=O)cc1CNCC(C)=O. The third kappa shape index (κ3) is 5.92. The first-order valence-corrected chi connectivity index (χ1v) is 8.80. The van der Waals surface area contributed by atoms with Crippen molar-refractivity contribution in [2.75, 3.05) is 19.0 Å². The molecule has 7 nitrogen and oxygen atoms in total. The molecular formula is C21H24N2O5. The number of carbonyl (C=O) groups is 3. The number of anilines is 1. The number of nitrogens with one attached hydrogen (secondary N) is 2. The largest absolute Gasteiger partial charge is 0.496 e. The van der Waals surface area contributed by atoms with Crippen LogP contribution >= 0.6 is 0 Å².